The minimum atomic E-state index is -2.92. The lowest BCUT2D eigenvalue weighted by Gasteiger charge is -2.07. The Hall–Kier alpha value is -2.45. The molecule has 0 bridgehead atoms. The van der Waals surface area contributed by atoms with E-state index >= 15 is 0 Å². The van der Waals surface area contributed by atoms with Crippen LogP contribution in [0.1, 0.15) is 11.3 Å². The Morgan fingerprint density at radius 3 is 2.50 bits per heavy atom. The van der Waals surface area contributed by atoms with E-state index in [9.17, 15) is 17.6 Å². The fourth-order valence-corrected chi connectivity index (χ4v) is 2.74. The highest BCUT2D eigenvalue weighted by atomic mass is 35.5. The topological polar surface area (TPSA) is 91.9 Å². The molecule has 2 N–H and O–H groups in total. The van der Waals surface area contributed by atoms with Gasteiger partial charge in [0, 0.05) is 11.8 Å². The van der Waals surface area contributed by atoms with Gasteiger partial charge in [0.1, 0.15) is 5.82 Å². The molecule has 0 spiro atoms. The number of aromatic nitrogens is 2. The van der Waals surface area contributed by atoms with E-state index in [1.165, 1.54) is 12.1 Å². The number of fused-ring (bicyclic) bond motifs is 1. The van der Waals surface area contributed by atoms with E-state index in [0.29, 0.717) is 28.5 Å². The normalized spacial score (nSPS) is 10.6. The Morgan fingerprint density at radius 1 is 1.12 bits per heavy atom. The largest absolute Gasteiger partial charge is 0.283 e. The predicted octanol–water partition coefficient (Wildman–Crippen LogP) is 2.01. The van der Waals surface area contributed by atoms with E-state index in [-0.39, 0.29) is 23.7 Å². The molecule has 9 heteroatoms. The summed E-state index contributed by atoms with van der Waals surface area (Å²) in [4.78, 5) is 11.7. The number of anilines is 1. The van der Waals surface area contributed by atoms with E-state index in [0.717, 1.165) is 0 Å². The Bertz CT molecular complexity index is 1010. The Kier molecular flexibility index (Phi) is 5.53. The van der Waals surface area contributed by atoms with Crippen LogP contribution in [0.3, 0.4) is 0 Å². The molecule has 3 rings (SSSR count). The van der Waals surface area contributed by atoms with E-state index < -0.39 is 16.7 Å². The second-order valence-corrected chi connectivity index (χ2v) is 5.64. The summed E-state index contributed by atoms with van der Waals surface area (Å²) >= 11 is 0. The summed E-state index contributed by atoms with van der Waals surface area (Å²) < 4.78 is 37.1. The van der Waals surface area contributed by atoms with Crippen molar-refractivity contribution in [2.75, 3.05) is 4.72 Å². The molecule has 2 aromatic carbocycles. The molecule has 6 nitrogen and oxygen atoms in total. The molecule has 3 aromatic rings. The van der Waals surface area contributed by atoms with Gasteiger partial charge in [-0.15, -0.1) is 12.4 Å². The molecule has 126 valence electrons. The van der Waals surface area contributed by atoms with Crippen LogP contribution in [0.25, 0.3) is 10.8 Å². The molecular weight excluding hydrogens is 357 g/mol. The molecule has 24 heavy (non-hydrogen) atoms. The Labute approximate surface area is 144 Å². The number of aromatic amines is 1. The Morgan fingerprint density at radius 2 is 1.83 bits per heavy atom. The quantitative estimate of drug-likeness (QED) is 0.613. The van der Waals surface area contributed by atoms with Gasteiger partial charge in [-0.2, -0.15) is 5.10 Å². The van der Waals surface area contributed by atoms with E-state index in [4.69, 9.17) is 0 Å². The average Bonchev–Trinajstić information content (AvgIpc) is 2.53. The van der Waals surface area contributed by atoms with Crippen LogP contribution in [-0.2, 0) is 17.3 Å². The summed E-state index contributed by atoms with van der Waals surface area (Å²) in [5.41, 5.74) is 0.826. The molecule has 0 saturated carbocycles. The molecule has 0 unspecified atom stereocenters. The minimum Gasteiger partial charge on any atom is -0.283 e. The monoisotopic (exact) mass is 369 g/mol. The maximum absolute atomic E-state index is 13.9. The third-order valence-corrected chi connectivity index (χ3v) is 3.82. The number of rotatable bonds is 4. The molecule has 0 fully saturated rings. The fraction of sp³-hybridized carbons (Fsp3) is 0.0667. The summed E-state index contributed by atoms with van der Waals surface area (Å²) in [6.45, 7) is 0. The van der Waals surface area contributed by atoms with Gasteiger partial charge in [0.2, 0.25) is 10.9 Å². The number of halogens is 2. The maximum Gasteiger partial charge on any atom is 0.272 e. The van der Waals surface area contributed by atoms with Gasteiger partial charge in [-0.3, -0.25) is 9.52 Å². The minimum absolute atomic E-state index is 0. The number of thiol groups is 1. The van der Waals surface area contributed by atoms with Crippen LogP contribution >= 0.6 is 12.4 Å². The first kappa shape index (κ1) is 17.9. The molecule has 1 heterocycles. The van der Waals surface area contributed by atoms with Crippen LogP contribution in [0, 0.1) is 5.82 Å². The molecule has 1 aromatic heterocycles. The van der Waals surface area contributed by atoms with Crippen molar-refractivity contribution in [1.82, 2.24) is 10.2 Å². The van der Waals surface area contributed by atoms with Crippen molar-refractivity contribution in [1.29, 1.82) is 0 Å². The van der Waals surface area contributed by atoms with Gasteiger partial charge in [-0.1, -0.05) is 24.3 Å². The number of hydrogen-bond donors (Lipinski definition) is 3. The van der Waals surface area contributed by atoms with Gasteiger partial charge >= 0.3 is 0 Å². The molecule has 0 aliphatic rings. The van der Waals surface area contributed by atoms with Crippen LogP contribution in [0.15, 0.2) is 47.3 Å². The molecule has 0 aliphatic carbocycles. The number of H-pyrrole nitrogens is 1. The average molecular weight is 370 g/mol. The third kappa shape index (κ3) is 3.72. The Balaban J connectivity index is 0.00000208. The van der Waals surface area contributed by atoms with Crippen LogP contribution in [0.2, 0.25) is 0 Å². The number of nitrogens with one attached hydrogen (secondary N) is 2. The van der Waals surface area contributed by atoms with Crippen molar-refractivity contribution < 1.29 is 12.8 Å². The van der Waals surface area contributed by atoms with Crippen LogP contribution in [-0.4, -0.2) is 18.6 Å². The zero-order valence-corrected chi connectivity index (χ0v) is 13.9. The lowest BCUT2D eigenvalue weighted by atomic mass is 10.0. The number of nitrogens with zero attached hydrogens (tertiary/aromatic N) is 1. The zero-order valence-electron chi connectivity index (χ0n) is 12.2. The molecule has 0 amide bonds. The standard InChI is InChI=1S/C15H12FN3O3S.ClH/c16-12-7-9(5-6-13(12)19-23(21)22)8-14-10-3-1-2-4-11(10)15(20)18-17-14;/h1-7,23H,8H2,(H,18,20)(H,19,21,22);1H. The van der Waals surface area contributed by atoms with E-state index in [1.807, 2.05) is 4.72 Å². The summed E-state index contributed by atoms with van der Waals surface area (Å²) in [7, 11) is -2.92. The lowest BCUT2D eigenvalue weighted by molar-refractivity contribution is 0.614. The zero-order chi connectivity index (χ0) is 16.4. The van der Waals surface area contributed by atoms with Gasteiger partial charge in [0.25, 0.3) is 5.56 Å². The van der Waals surface area contributed by atoms with E-state index in [1.54, 1.807) is 30.3 Å². The summed E-state index contributed by atoms with van der Waals surface area (Å²) in [5, 5.41) is 7.66. The highest BCUT2D eigenvalue weighted by molar-refractivity contribution is 7.73. The molecule has 0 aliphatic heterocycles. The summed E-state index contributed by atoms with van der Waals surface area (Å²) in [6.07, 6.45) is 0.304. The van der Waals surface area contributed by atoms with Crippen molar-refractivity contribution in [3.8, 4) is 0 Å². The summed E-state index contributed by atoms with van der Waals surface area (Å²) in [5.74, 6) is -0.671. The van der Waals surface area contributed by atoms with Gasteiger partial charge in [-0.25, -0.2) is 17.9 Å². The second kappa shape index (κ2) is 7.41. The van der Waals surface area contributed by atoms with Gasteiger partial charge in [0.15, 0.2) is 0 Å². The lowest BCUT2D eigenvalue weighted by Crippen LogP contribution is -2.11. The molecule has 0 radical (unpaired) electrons. The van der Waals surface area contributed by atoms with Crippen molar-refractivity contribution in [3.63, 3.8) is 0 Å². The predicted molar refractivity (Wildman–Crippen MR) is 92.8 cm³/mol. The highest BCUT2D eigenvalue weighted by Crippen LogP contribution is 2.20. The fourth-order valence-electron chi connectivity index (χ4n) is 2.36. The third-order valence-electron chi connectivity index (χ3n) is 3.39. The van der Waals surface area contributed by atoms with Gasteiger partial charge in [-0.05, 0) is 23.8 Å². The number of hydrogen-bond acceptors (Lipinski definition) is 4. The maximum atomic E-state index is 13.9. The first-order valence-corrected chi connectivity index (χ1v) is 7.88. The van der Waals surface area contributed by atoms with Crippen molar-refractivity contribution in [2.24, 2.45) is 0 Å². The molecule has 0 saturated heterocycles. The van der Waals surface area contributed by atoms with Crippen LogP contribution < -0.4 is 10.3 Å². The van der Waals surface area contributed by atoms with E-state index in [2.05, 4.69) is 10.2 Å². The second-order valence-electron chi connectivity index (χ2n) is 4.90. The van der Waals surface area contributed by atoms with Crippen molar-refractivity contribution in [3.05, 3.63) is 69.9 Å². The number of benzene rings is 2. The van der Waals surface area contributed by atoms with Gasteiger partial charge < -0.3 is 0 Å². The van der Waals surface area contributed by atoms with Gasteiger partial charge in [0.05, 0.1) is 16.8 Å². The SMILES string of the molecule is Cl.O=c1[nH]nc(Cc2ccc(N[SH](=O)=O)c(F)c2)c2ccccc12. The molecule has 0 atom stereocenters. The van der Waals surface area contributed by atoms with Crippen molar-refractivity contribution >= 4 is 39.8 Å². The van der Waals surface area contributed by atoms with Crippen LogP contribution in [0.4, 0.5) is 10.1 Å². The first-order valence-electron chi connectivity index (χ1n) is 6.70. The first-order chi connectivity index (χ1) is 11.0. The molecular formula is C15H13ClFN3O3S. The summed E-state index contributed by atoms with van der Waals surface area (Å²) in [6, 6.07) is 11.2. The van der Waals surface area contributed by atoms with Crippen molar-refractivity contribution in [2.45, 2.75) is 6.42 Å². The smallest absolute Gasteiger partial charge is 0.272 e. The van der Waals surface area contributed by atoms with Crippen LogP contribution in [0.5, 0.6) is 0 Å². The highest BCUT2D eigenvalue weighted by Gasteiger charge is 2.09.